The number of aliphatic imine (C=N–C) groups is 1. The van der Waals surface area contributed by atoms with E-state index in [4.69, 9.17) is 15.2 Å². The van der Waals surface area contributed by atoms with Crippen molar-refractivity contribution in [3.8, 4) is 11.5 Å². The lowest BCUT2D eigenvalue weighted by atomic mass is 10.3. The third-order valence-electron chi connectivity index (χ3n) is 3.25. The molecule has 7 heteroatoms. The van der Waals surface area contributed by atoms with Crippen LogP contribution in [0.4, 0.5) is 5.69 Å². The number of likely N-dealkylation sites (N-methyl/N-ethyl adjacent to an activating group) is 1. The number of benzene rings is 1. The van der Waals surface area contributed by atoms with Crippen LogP contribution in [0.3, 0.4) is 0 Å². The Morgan fingerprint density at radius 1 is 1.18 bits per heavy atom. The minimum atomic E-state index is 0. The standard InChI is InChI=1S/C15H26N4O2.HI/c1-5-19(6-2)10-9-17-15(16)18-12-7-8-13(20-3)14(11-12)21-4;/h7-8,11H,5-6,9-10H2,1-4H3,(H3,16,17,18);1H. The highest BCUT2D eigenvalue weighted by Crippen LogP contribution is 2.29. The summed E-state index contributed by atoms with van der Waals surface area (Å²) in [6.45, 7) is 7.90. The number of rotatable bonds is 8. The molecule has 0 fully saturated rings. The van der Waals surface area contributed by atoms with E-state index in [0.717, 1.165) is 25.3 Å². The Morgan fingerprint density at radius 3 is 2.36 bits per heavy atom. The molecular formula is C15H27IN4O2. The van der Waals surface area contributed by atoms with Gasteiger partial charge >= 0.3 is 0 Å². The van der Waals surface area contributed by atoms with Gasteiger partial charge in [0.25, 0.3) is 0 Å². The summed E-state index contributed by atoms with van der Waals surface area (Å²) in [4.78, 5) is 6.62. The summed E-state index contributed by atoms with van der Waals surface area (Å²) in [6.07, 6.45) is 0. The molecular weight excluding hydrogens is 395 g/mol. The minimum Gasteiger partial charge on any atom is -0.493 e. The van der Waals surface area contributed by atoms with Gasteiger partial charge in [0.2, 0.25) is 0 Å². The molecule has 126 valence electrons. The van der Waals surface area contributed by atoms with E-state index in [9.17, 15) is 0 Å². The zero-order valence-electron chi connectivity index (χ0n) is 13.8. The number of hydrogen-bond acceptors (Lipinski definition) is 4. The summed E-state index contributed by atoms with van der Waals surface area (Å²) in [6, 6.07) is 5.52. The normalized spacial score (nSPS) is 11.0. The van der Waals surface area contributed by atoms with Crippen molar-refractivity contribution in [3.63, 3.8) is 0 Å². The minimum absolute atomic E-state index is 0. The average Bonchev–Trinajstić information content (AvgIpc) is 2.51. The molecule has 0 radical (unpaired) electrons. The van der Waals surface area contributed by atoms with Crippen LogP contribution in [0.2, 0.25) is 0 Å². The molecule has 22 heavy (non-hydrogen) atoms. The van der Waals surface area contributed by atoms with Gasteiger partial charge in [-0.2, -0.15) is 0 Å². The van der Waals surface area contributed by atoms with Crippen molar-refractivity contribution < 1.29 is 9.47 Å². The molecule has 0 atom stereocenters. The number of hydrogen-bond donors (Lipinski definition) is 2. The maximum atomic E-state index is 5.89. The molecule has 0 aliphatic rings. The molecule has 0 spiro atoms. The summed E-state index contributed by atoms with van der Waals surface area (Å²) in [5.74, 6) is 1.73. The lowest BCUT2D eigenvalue weighted by Crippen LogP contribution is -2.28. The van der Waals surface area contributed by atoms with Crippen LogP contribution in [-0.4, -0.2) is 51.3 Å². The van der Waals surface area contributed by atoms with Gasteiger partial charge in [0.1, 0.15) is 0 Å². The van der Waals surface area contributed by atoms with Gasteiger partial charge in [-0.25, -0.2) is 0 Å². The molecule has 1 rings (SSSR count). The molecule has 6 nitrogen and oxygen atoms in total. The third kappa shape index (κ3) is 6.69. The summed E-state index contributed by atoms with van der Waals surface area (Å²) in [5.41, 5.74) is 6.70. The number of halogens is 1. The quantitative estimate of drug-likeness (QED) is 0.383. The zero-order chi connectivity index (χ0) is 15.7. The highest BCUT2D eigenvalue weighted by atomic mass is 127. The predicted molar refractivity (Wildman–Crippen MR) is 103 cm³/mol. The number of nitrogens with one attached hydrogen (secondary N) is 1. The summed E-state index contributed by atoms with van der Waals surface area (Å²) in [5, 5.41) is 3.05. The fraction of sp³-hybridized carbons (Fsp3) is 0.533. The van der Waals surface area contributed by atoms with Crippen LogP contribution in [0.15, 0.2) is 23.2 Å². The first kappa shape index (κ1) is 20.8. The van der Waals surface area contributed by atoms with Crippen molar-refractivity contribution in [2.24, 2.45) is 10.7 Å². The van der Waals surface area contributed by atoms with Crippen LogP contribution in [0.25, 0.3) is 0 Å². The maximum Gasteiger partial charge on any atom is 0.193 e. The zero-order valence-corrected chi connectivity index (χ0v) is 16.1. The van der Waals surface area contributed by atoms with Crippen molar-refractivity contribution >= 4 is 35.6 Å². The Morgan fingerprint density at radius 2 is 1.82 bits per heavy atom. The van der Waals surface area contributed by atoms with Gasteiger partial charge in [-0.1, -0.05) is 13.8 Å². The fourth-order valence-electron chi connectivity index (χ4n) is 1.95. The van der Waals surface area contributed by atoms with Crippen LogP contribution in [0.1, 0.15) is 13.8 Å². The van der Waals surface area contributed by atoms with Gasteiger partial charge in [-0.05, 0) is 25.2 Å². The van der Waals surface area contributed by atoms with Crippen LogP contribution in [-0.2, 0) is 0 Å². The Hall–Kier alpha value is -1.22. The van der Waals surface area contributed by atoms with E-state index >= 15 is 0 Å². The third-order valence-corrected chi connectivity index (χ3v) is 3.25. The van der Waals surface area contributed by atoms with Crippen molar-refractivity contribution in [3.05, 3.63) is 18.2 Å². The Kier molecular flexibility index (Phi) is 10.7. The second-order valence-electron chi connectivity index (χ2n) is 4.49. The molecule has 0 saturated heterocycles. The number of nitrogens with zero attached hydrogens (tertiary/aromatic N) is 2. The molecule has 3 N–H and O–H groups in total. The first-order valence-corrected chi connectivity index (χ1v) is 7.15. The highest BCUT2D eigenvalue weighted by molar-refractivity contribution is 14.0. The van der Waals surface area contributed by atoms with Gasteiger partial charge in [0.15, 0.2) is 17.5 Å². The molecule has 0 heterocycles. The number of anilines is 1. The highest BCUT2D eigenvalue weighted by Gasteiger charge is 2.05. The smallest absolute Gasteiger partial charge is 0.193 e. The largest absolute Gasteiger partial charge is 0.493 e. The lowest BCUT2D eigenvalue weighted by Gasteiger charge is -2.16. The van der Waals surface area contributed by atoms with Crippen LogP contribution < -0.4 is 20.5 Å². The van der Waals surface area contributed by atoms with E-state index in [-0.39, 0.29) is 24.0 Å². The van der Waals surface area contributed by atoms with Crippen molar-refractivity contribution in [2.45, 2.75) is 13.8 Å². The summed E-state index contributed by atoms with van der Waals surface area (Å²) < 4.78 is 10.4. The first-order chi connectivity index (χ1) is 10.1. The maximum absolute atomic E-state index is 5.89. The second kappa shape index (κ2) is 11.4. The summed E-state index contributed by atoms with van der Waals surface area (Å²) in [7, 11) is 3.21. The summed E-state index contributed by atoms with van der Waals surface area (Å²) >= 11 is 0. The van der Waals surface area contributed by atoms with E-state index in [0.29, 0.717) is 24.0 Å². The van der Waals surface area contributed by atoms with Crippen molar-refractivity contribution in [1.29, 1.82) is 0 Å². The first-order valence-electron chi connectivity index (χ1n) is 7.15. The lowest BCUT2D eigenvalue weighted by molar-refractivity contribution is 0.313. The Balaban J connectivity index is 0.00000441. The fourth-order valence-corrected chi connectivity index (χ4v) is 1.95. The molecule has 0 saturated carbocycles. The Labute approximate surface area is 150 Å². The molecule has 0 aliphatic heterocycles. The number of guanidine groups is 1. The van der Waals surface area contributed by atoms with Crippen LogP contribution in [0, 0.1) is 0 Å². The van der Waals surface area contributed by atoms with E-state index in [1.807, 2.05) is 18.2 Å². The van der Waals surface area contributed by atoms with E-state index in [2.05, 4.69) is 29.1 Å². The van der Waals surface area contributed by atoms with Gasteiger partial charge in [0.05, 0.1) is 20.8 Å². The number of methoxy groups -OCH3 is 2. The second-order valence-corrected chi connectivity index (χ2v) is 4.49. The molecule has 0 amide bonds. The number of ether oxygens (including phenoxy) is 2. The van der Waals surface area contributed by atoms with Gasteiger partial charge in [-0.15, -0.1) is 24.0 Å². The SMILES string of the molecule is CCN(CC)CCN=C(N)Nc1ccc(OC)c(OC)c1.I. The van der Waals surface area contributed by atoms with E-state index < -0.39 is 0 Å². The molecule has 0 bridgehead atoms. The van der Waals surface area contributed by atoms with Crippen molar-refractivity contribution in [1.82, 2.24) is 4.90 Å². The van der Waals surface area contributed by atoms with E-state index in [1.165, 1.54) is 0 Å². The average molecular weight is 422 g/mol. The van der Waals surface area contributed by atoms with Gasteiger partial charge in [0, 0.05) is 18.3 Å². The molecule has 0 aliphatic carbocycles. The number of nitrogens with two attached hydrogens (primary N) is 1. The molecule has 0 aromatic heterocycles. The van der Waals surface area contributed by atoms with Gasteiger partial charge in [-0.3, -0.25) is 4.99 Å². The topological polar surface area (TPSA) is 72.1 Å². The monoisotopic (exact) mass is 422 g/mol. The van der Waals surface area contributed by atoms with Crippen LogP contribution in [0.5, 0.6) is 11.5 Å². The van der Waals surface area contributed by atoms with Crippen LogP contribution >= 0.6 is 24.0 Å². The molecule has 1 aromatic carbocycles. The van der Waals surface area contributed by atoms with Gasteiger partial charge < -0.3 is 25.4 Å². The van der Waals surface area contributed by atoms with E-state index in [1.54, 1.807) is 14.2 Å². The predicted octanol–water partition coefficient (Wildman–Crippen LogP) is 2.39. The van der Waals surface area contributed by atoms with Crippen molar-refractivity contribution in [2.75, 3.05) is 45.7 Å². The molecule has 0 unspecified atom stereocenters. The Bertz CT molecular complexity index is 465. The molecule has 1 aromatic rings.